The number of fused-ring (bicyclic) bond motifs is 2. The van der Waals surface area contributed by atoms with Crippen LogP contribution < -0.4 is 15.4 Å². The highest BCUT2D eigenvalue weighted by Gasteiger charge is 2.34. The molecule has 4 rings (SSSR count). The highest BCUT2D eigenvalue weighted by atomic mass is 16.5. The number of hydrogen-bond donors (Lipinski definition) is 2. The Kier molecular flexibility index (Phi) is 3.26. The van der Waals surface area contributed by atoms with Crippen LogP contribution in [0.2, 0.25) is 0 Å². The van der Waals surface area contributed by atoms with E-state index in [1.54, 1.807) is 0 Å². The van der Waals surface area contributed by atoms with Crippen LogP contribution in [0.4, 0.5) is 0 Å². The normalized spacial score (nSPS) is 19.3. The molecule has 2 heterocycles. The Morgan fingerprint density at radius 1 is 1.04 bits per heavy atom. The van der Waals surface area contributed by atoms with Crippen LogP contribution in [0.25, 0.3) is 0 Å². The van der Waals surface area contributed by atoms with Crippen LogP contribution in [0.3, 0.4) is 0 Å². The first-order valence-corrected chi connectivity index (χ1v) is 7.65. The average molecular weight is 308 g/mol. The lowest BCUT2D eigenvalue weighted by atomic mass is 9.87. The smallest absolute Gasteiger partial charge is 0.232 e. The second-order valence-electron chi connectivity index (χ2n) is 5.82. The molecule has 0 radical (unpaired) electrons. The van der Waals surface area contributed by atoms with Gasteiger partial charge in [-0.2, -0.15) is 0 Å². The third-order valence-electron chi connectivity index (χ3n) is 4.27. The summed E-state index contributed by atoms with van der Waals surface area (Å²) < 4.78 is 5.90. The van der Waals surface area contributed by atoms with Crippen molar-refractivity contribution in [3.8, 4) is 11.5 Å². The zero-order valence-corrected chi connectivity index (χ0v) is 12.4. The van der Waals surface area contributed by atoms with E-state index < -0.39 is 5.92 Å². The summed E-state index contributed by atoms with van der Waals surface area (Å²) in [6, 6.07) is 15.0. The van der Waals surface area contributed by atoms with E-state index in [1.807, 2.05) is 48.5 Å². The van der Waals surface area contributed by atoms with Crippen molar-refractivity contribution in [2.24, 2.45) is 0 Å². The molecule has 23 heavy (non-hydrogen) atoms. The van der Waals surface area contributed by atoms with E-state index in [4.69, 9.17) is 4.74 Å². The van der Waals surface area contributed by atoms with Crippen molar-refractivity contribution in [1.82, 2.24) is 10.6 Å². The molecule has 2 aromatic rings. The summed E-state index contributed by atoms with van der Waals surface area (Å²) in [6.07, 6.45) is 0.332. The van der Waals surface area contributed by atoms with Gasteiger partial charge in [0.1, 0.15) is 11.5 Å². The van der Waals surface area contributed by atoms with Gasteiger partial charge in [0.25, 0.3) is 0 Å². The minimum absolute atomic E-state index is 0.0249. The number of para-hydroxylation sites is 2. The van der Waals surface area contributed by atoms with Crippen molar-refractivity contribution in [2.45, 2.75) is 18.4 Å². The molecule has 2 aromatic carbocycles. The van der Waals surface area contributed by atoms with Gasteiger partial charge in [-0.1, -0.05) is 36.4 Å². The van der Waals surface area contributed by atoms with Crippen LogP contribution in [0.15, 0.2) is 48.5 Å². The van der Waals surface area contributed by atoms with E-state index in [2.05, 4.69) is 10.6 Å². The second-order valence-corrected chi connectivity index (χ2v) is 5.82. The van der Waals surface area contributed by atoms with Crippen molar-refractivity contribution in [2.75, 3.05) is 6.54 Å². The topological polar surface area (TPSA) is 67.4 Å². The maximum absolute atomic E-state index is 12.9. The lowest BCUT2D eigenvalue weighted by molar-refractivity contribution is -0.122. The molecule has 2 N–H and O–H groups in total. The summed E-state index contributed by atoms with van der Waals surface area (Å²) in [5.41, 5.74) is 1.70. The molecule has 0 unspecified atom stereocenters. The summed E-state index contributed by atoms with van der Waals surface area (Å²) in [6.45, 7) is 0.483. The first-order chi connectivity index (χ1) is 11.2. The number of benzene rings is 2. The minimum atomic E-state index is -0.424. The van der Waals surface area contributed by atoms with Crippen molar-refractivity contribution in [3.63, 3.8) is 0 Å². The summed E-state index contributed by atoms with van der Waals surface area (Å²) >= 11 is 0. The molecule has 5 heteroatoms. The summed E-state index contributed by atoms with van der Waals surface area (Å²) in [7, 11) is 0. The largest absolute Gasteiger partial charge is 0.457 e. The predicted octanol–water partition coefficient (Wildman–Crippen LogP) is 1.93. The predicted molar refractivity (Wildman–Crippen MR) is 84.4 cm³/mol. The molecule has 0 bridgehead atoms. The Balaban J connectivity index is 1.69. The fraction of sp³-hybridized carbons (Fsp3) is 0.222. The van der Waals surface area contributed by atoms with Crippen molar-refractivity contribution in [1.29, 1.82) is 0 Å². The van der Waals surface area contributed by atoms with Crippen molar-refractivity contribution < 1.29 is 14.3 Å². The number of nitrogens with one attached hydrogen (secondary N) is 2. The molecule has 5 nitrogen and oxygen atoms in total. The van der Waals surface area contributed by atoms with Gasteiger partial charge in [-0.15, -0.1) is 0 Å². The molecule has 2 amide bonds. The lowest BCUT2D eigenvalue weighted by Gasteiger charge is -2.28. The first kappa shape index (κ1) is 13.8. The number of amides is 2. The van der Waals surface area contributed by atoms with Crippen LogP contribution >= 0.6 is 0 Å². The second kappa shape index (κ2) is 5.43. The highest BCUT2D eigenvalue weighted by Crippen LogP contribution is 2.43. The Labute approximate surface area is 133 Å². The van der Waals surface area contributed by atoms with E-state index in [-0.39, 0.29) is 17.9 Å². The van der Waals surface area contributed by atoms with Gasteiger partial charge in [-0.25, -0.2) is 0 Å². The van der Waals surface area contributed by atoms with E-state index in [9.17, 15) is 9.59 Å². The fourth-order valence-corrected chi connectivity index (χ4v) is 3.18. The van der Waals surface area contributed by atoms with Crippen molar-refractivity contribution in [3.05, 3.63) is 59.7 Å². The molecule has 2 aliphatic rings. The number of carbonyl (C=O) groups excluding carboxylic acids is 2. The fourth-order valence-electron chi connectivity index (χ4n) is 3.18. The highest BCUT2D eigenvalue weighted by molar-refractivity contribution is 5.90. The summed E-state index contributed by atoms with van der Waals surface area (Å²) in [4.78, 5) is 24.2. The minimum Gasteiger partial charge on any atom is -0.457 e. The van der Waals surface area contributed by atoms with Gasteiger partial charge in [0.05, 0.1) is 12.0 Å². The van der Waals surface area contributed by atoms with Gasteiger partial charge in [0.15, 0.2) is 0 Å². The molecule has 0 aliphatic carbocycles. The molecule has 1 fully saturated rings. The standard InChI is InChI=1S/C18H16N2O3/c21-16-9-11(10-19-16)20-18(22)17-12-5-1-3-7-14(12)23-15-8-4-2-6-13(15)17/h1-8,11,17H,9-10H2,(H,19,21)(H,20,22)/t11-/m0/s1. The summed E-state index contributed by atoms with van der Waals surface area (Å²) in [5, 5.41) is 5.72. The van der Waals surface area contributed by atoms with Crippen LogP contribution in [0.1, 0.15) is 23.5 Å². The summed E-state index contributed by atoms with van der Waals surface area (Å²) in [5.74, 6) is 0.851. The molecule has 0 spiro atoms. The Morgan fingerprint density at radius 2 is 1.65 bits per heavy atom. The quantitative estimate of drug-likeness (QED) is 0.891. The Hall–Kier alpha value is -2.82. The number of rotatable bonds is 2. The molecular formula is C18H16N2O3. The van der Waals surface area contributed by atoms with Crippen LogP contribution in [0, 0.1) is 0 Å². The molecular weight excluding hydrogens is 292 g/mol. The molecule has 1 saturated heterocycles. The monoisotopic (exact) mass is 308 g/mol. The molecule has 0 aromatic heterocycles. The van der Waals surface area contributed by atoms with Crippen LogP contribution in [-0.4, -0.2) is 24.4 Å². The van der Waals surface area contributed by atoms with Gasteiger partial charge < -0.3 is 15.4 Å². The van der Waals surface area contributed by atoms with Gasteiger partial charge in [0, 0.05) is 24.1 Å². The van der Waals surface area contributed by atoms with Crippen LogP contribution in [-0.2, 0) is 9.59 Å². The van der Waals surface area contributed by atoms with Gasteiger partial charge >= 0.3 is 0 Å². The number of hydrogen-bond acceptors (Lipinski definition) is 3. The van der Waals surface area contributed by atoms with Gasteiger partial charge in [-0.3, -0.25) is 9.59 Å². The maximum atomic E-state index is 12.9. The van der Waals surface area contributed by atoms with E-state index in [1.165, 1.54) is 0 Å². The Bertz CT molecular complexity index is 742. The average Bonchev–Trinajstić information content (AvgIpc) is 2.97. The Morgan fingerprint density at radius 3 is 2.22 bits per heavy atom. The van der Waals surface area contributed by atoms with Crippen molar-refractivity contribution >= 4 is 11.8 Å². The molecule has 1 atom stereocenters. The van der Waals surface area contributed by atoms with E-state index in [0.29, 0.717) is 24.5 Å². The van der Waals surface area contributed by atoms with Crippen LogP contribution in [0.5, 0.6) is 11.5 Å². The zero-order chi connectivity index (χ0) is 15.8. The third kappa shape index (κ3) is 2.44. The number of carbonyl (C=O) groups is 2. The SMILES string of the molecule is O=C1C[C@H](NC(=O)C2c3ccccc3Oc3ccccc32)CN1. The van der Waals surface area contributed by atoms with E-state index in [0.717, 1.165) is 11.1 Å². The molecule has 0 saturated carbocycles. The third-order valence-corrected chi connectivity index (χ3v) is 4.27. The maximum Gasteiger partial charge on any atom is 0.232 e. The number of ether oxygens (including phenoxy) is 1. The first-order valence-electron chi connectivity index (χ1n) is 7.65. The van der Waals surface area contributed by atoms with Gasteiger partial charge in [-0.05, 0) is 12.1 Å². The van der Waals surface area contributed by atoms with Gasteiger partial charge in [0.2, 0.25) is 11.8 Å². The lowest BCUT2D eigenvalue weighted by Crippen LogP contribution is -2.40. The molecule has 116 valence electrons. The zero-order valence-electron chi connectivity index (χ0n) is 12.4. The molecule has 2 aliphatic heterocycles. The van der Waals surface area contributed by atoms with E-state index >= 15 is 0 Å².